The van der Waals surface area contributed by atoms with Gasteiger partial charge in [0.25, 0.3) is 0 Å². The van der Waals surface area contributed by atoms with Gasteiger partial charge in [-0.3, -0.25) is 4.79 Å². The van der Waals surface area contributed by atoms with Gasteiger partial charge in [0.1, 0.15) is 0 Å². The van der Waals surface area contributed by atoms with Gasteiger partial charge in [-0.1, -0.05) is 54.4 Å². The smallest absolute Gasteiger partial charge is 0.243 e. The third kappa shape index (κ3) is 5.20. The van der Waals surface area contributed by atoms with Crippen molar-refractivity contribution in [2.24, 2.45) is 0 Å². The summed E-state index contributed by atoms with van der Waals surface area (Å²) in [7, 11) is -3.58. The molecule has 2 aromatic rings. The first-order valence-electron chi connectivity index (χ1n) is 9.86. The highest BCUT2D eigenvalue weighted by molar-refractivity contribution is 7.89. The number of aryl methyl sites for hydroxylation is 1. The molecule has 0 unspecified atom stereocenters. The molecular weight excluding hydrogens is 372 g/mol. The van der Waals surface area contributed by atoms with Crippen molar-refractivity contribution in [2.45, 2.75) is 50.0 Å². The maximum Gasteiger partial charge on any atom is 0.243 e. The molecule has 1 saturated heterocycles. The normalized spacial score (nSPS) is 18.0. The summed E-state index contributed by atoms with van der Waals surface area (Å²) < 4.78 is 27.7. The van der Waals surface area contributed by atoms with E-state index in [4.69, 9.17) is 0 Å². The second kappa shape index (κ2) is 9.34. The van der Waals surface area contributed by atoms with Gasteiger partial charge < -0.3 is 5.32 Å². The van der Waals surface area contributed by atoms with E-state index in [0.29, 0.717) is 18.0 Å². The first kappa shape index (κ1) is 20.6. The number of carbonyl (C=O) groups excluding carboxylic acids is 1. The molecule has 0 aromatic heterocycles. The summed E-state index contributed by atoms with van der Waals surface area (Å²) in [5, 5.41) is 2.94. The molecule has 1 aliphatic heterocycles. The lowest BCUT2D eigenvalue weighted by molar-refractivity contribution is -0.122. The number of amides is 1. The number of carbonyl (C=O) groups is 1. The number of benzene rings is 2. The molecule has 0 bridgehead atoms. The second-order valence-corrected chi connectivity index (χ2v) is 9.26. The van der Waals surface area contributed by atoms with E-state index in [-0.39, 0.29) is 18.4 Å². The SMILES string of the molecule is Cc1ccc(S(=O)(=O)N2CCCC[C@@H]2CC(=O)NCCc2ccccc2)cc1. The van der Waals surface area contributed by atoms with Crippen molar-refractivity contribution >= 4 is 15.9 Å². The molecule has 6 heteroatoms. The Bertz CT molecular complexity index is 880. The fraction of sp³-hybridized carbons (Fsp3) is 0.409. The quantitative estimate of drug-likeness (QED) is 0.776. The van der Waals surface area contributed by atoms with Gasteiger partial charge in [-0.05, 0) is 43.9 Å². The molecule has 0 spiro atoms. The zero-order valence-electron chi connectivity index (χ0n) is 16.3. The van der Waals surface area contributed by atoms with E-state index < -0.39 is 10.0 Å². The molecule has 0 aliphatic carbocycles. The van der Waals surface area contributed by atoms with Crippen LogP contribution in [0.2, 0.25) is 0 Å². The van der Waals surface area contributed by atoms with Crippen molar-refractivity contribution in [1.82, 2.24) is 9.62 Å². The van der Waals surface area contributed by atoms with Crippen LogP contribution in [0.4, 0.5) is 0 Å². The van der Waals surface area contributed by atoms with Gasteiger partial charge in [-0.25, -0.2) is 8.42 Å². The zero-order valence-corrected chi connectivity index (χ0v) is 17.1. The molecule has 1 aliphatic rings. The monoisotopic (exact) mass is 400 g/mol. The van der Waals surface area contributed by atoms with Gasteiger partial charge in [0.05, 0.1) is 4.90 Å². The predicted octanol–water partition coefficient (Wildman–Crippen LogP) is 3.29. The fourth-order valence-electron chi connectivity index (χ4n) is 3.62. The molecule has 0 radical (unpaired) electrons. The highest BCUT2D eigenvalue weighted by atomic mass is 32.2. The van der Waals surface area contributed by atoms with Gasteiger partial charge in [-0.2, -0.15) is 4.31 Å². The van der Waals surface area contributed by atoms with Gasteiger partial charge in [0.15, 0.2) is 0 Å². The van der Waals surface area contributed by atoms with Crippen LogP contribution in [0.15, 0.2) is 59.5 Å². The van der Waals surface area contributed by atoms with Crippen molar-refractivity contribution in [1.29, 1.82) is 0 Å². The number of nitrogens with zero attached hydrogens (tertiary/aromatic N) is 1. The highest BCUT2D eigenvalue weighted by Crippen LogP contribution is 2.27. The number of nitrogens with one attached hydrogen (secondary N) is 1. The number of hydrogen-bond acceptors (Lipinski definition) is 3. The Morgan fingerprint density at radius 2 is 1.79 bits per heavy atom. The molecule has 1 atom stereocenters. The van der Waals surface area contributed by atoms with Crippen LogP contribution in [-0.2, 0) is 21.2 Å². The minimum Gasteiger partial charge on any atom is -0.356 e. The molecule has 3 rings (SSSR count). The van der Waals surface area contributed by atoms with Crippen LogP contribution in [0.1, 0.15) is 36.8 Å². The average Bonchev–Trinajstić information content (AvgIpc) is 2.69. The maximum absolute atomic E-state index is 13.1. The third-order valence-electron chi connectivity index (χ3n) is 5.20. The molecule has 0 saturated carbocycles. The lowest BCUT2D eigenvalue weighted by Crippen LogP contribution is -2.46. The van der Waals surface area contributed by atoms with Crippen LogP contribution < -0.4 is 5.32 Å². The lowest BCUT2D eigenvalue weighted by Gasteiger charge is -2.34. The summed E-state index contributed by atoms with van der Waals surface area (Å²) in [5.74, 6) is -0.0908. The molecule has 1 heterocycles. The predicted molar refractivity (Wildman–Crippen MR) is 110 cm³/mol. The van der Waals surface area contributed by atoms with Crippen molar-refractivity contribution in [2.75, 3.05) is 13.1 Å². The van der Waals surface area contributed by atoms with E-state index in [1.54, 1.807) is 12.1 Å². The van der Waals surface area contributed by atoms with E-state index in [9.17, 15) is 13.2 Å². The maximum atomic E-state index is 13.1. The molecule has 2 aromatic carbocycles. The minimum atomic E-state index is -3.58. The molecule has 5 nitrogen and oxygen atoms in total. The number of rotatable bonds is 7. The topological polar surface area (TPSA) is 66.5 Å². The summed E-state index contributed by atoms with van der Waals surface area (Å²) in [6, 6.07) is 16.6. The zero-order chi connectivity index (χ0) is 20.0. The van der Waals surface area contributed by atoms with E-state index in [1.165, 1.54) is 9.87 Å². The number of piperidine rings is 1. The number of hydrogen-bond donors (Lipinski definition) is 1. The van der Waals surface area contributed by atoms with Crippen molar-refractivity contribution in [3.05, 3.63) is 65.7 Å². The lowest BCUT2D eigenvalue weighted by atomic mass is 10.0. The molecular formula is C22H28N2O3S. The standard InChI is InChI=1S/C22H28N2O3S/c1-18-10-12-21(13-11-18)28(26,27)24-16-6-5-9-20(24)17-22(25)23-15-14-19-7-3-2-4-8-19/h2-4,7-8,10-13,20H,5-6,9,14-17H2,1H3,(H,23,25)/t20-/m1/s1. The van der Waals surface area contributed by atoms with Gasteiger partial charge in [0.2, 0.25) is 15.9 Å². The molecule has 150 valence electrons. The van der Waals surface area contributed by atoms with Crippen LogP contribution in [0.5, 0.6) is 0 Å². The largest absolute Gasteiger partial charge is 0.356 e. The van der Waals surface area contributed by atoms with Gasteiger partial charge in [0, 0.05) is 25.6 Å². The summed E-state index contributed by atoms with van der Waals surface area (Å²) in [6.07, 6.45) is 3.47. The molecule has 1 fully saturated rings. The Kier molecular flexibility index (Phi) is 6.86. The molecule has 28 heavy (non-hydrogen) atoms. The van der Waals surface area contributed by atoms with Crippen LogP contribution in [0.3, 0.4) is 0 Å². The van der Waals surface area contributed by atoms with Crippen molar-refractivity contribution < 1.29 is 13.2 Å². The Morgan fingerprint density at radius 1 is 1.07 bits per heavy atom. The Morgan fingerprint density at radius 3 is 2.50 bits per heavy atom. The highest BCUT2D eigenvalue weighted by Gasteiger charge is 2.34. The summed E-state index contributed by atoms with van der Waals surface area (Å²) in [6.45, 7) is 2.96. The van der Waals surface area contributed by atoms with Crippen molar-refractivity contribution in [3.8, 4) is 0 Å². The first-order chi connectivity index (χ1) is 13.5. The van der Waals surface area contributed by atoms with Crippen LogP contribution in [0, 0.1) is 6.92 Å². The van der Waals surface area contributed by atoms with Crippen LogP contribution in [-0.4, -0.2) is 37.8 Å². The van der Waals surface area contributed by atoms with Gasteiger partial charge >= 0.3 is 0 Å². The first-order valence-corrected chi connectivity index (χ1v) is 11.3. The summed E-state index contributed by atoms with van der Waals surface area (Å²) in [4.78, 5) is 12.7. The summed E-state index contributed by atoms with van der Waals surface area (Å²) in [5.41, 5.74) is 2.19. The number of sulfonamides is 1. The fourth-order valence-corrected chi connectivity index (χ4v) is 5.31. The molecule has 1 N–H and O–H groups in total. The Hall–Kier alpha value is -2.18. The van der Waals surface area contributed by atoms with E-state index in [1.807, 2.05) is 49.4 Å². The third-order valence-corrected chi connectivity index (χ3v) is 7.17. The average molecular weight is 401 g/mol. The van der Waals surface area contributed by atoms with Gasteiger partial charge in [-0.15, -0.1) is 0 Å². The molecule has 1 amide bonds. The summed E-state index contributed by atoms with van der Waals surface area (Å²) >= 11 is 0. The van der Waals surface area contributed by atoms with E-state index >= 15 is 0 Å². The van der Waals surface area contributed by atoms with Crippen LogP contribution in [0.25, 0.3) is 0 Å². The second-order valence-electron chi connectivity index (χ2n) is 7.37. The van der Waals surface area contributed by atoms with Crippen LogP contribution >= 0.6 is 0 Å². The minimum absolute atomic E-state index is 0.0908. The van der Waals surface area contributed by atoms with E-state index in [2.05, 4.69) is 5.32 Å². The van der Waals surface area contributed by atoms with E-state index in [0.717, 1.165) is 31.2 Å². The Labute approximate surface area is 167 Å². The Balaban J connectivity index is 1.61. The van der Waals surface area contributed by atoms with Crippen molar-refractivity contribution in [3.63, 3.8) is 0 Å².